The van der Waals surface area contributed by atoms with E-state index in [2.05, 4.69) is 0 Å². The first kappa shape index (κ1) is 15.6. The van der Waals surface area contributed by atoms with Crippen LogP contribution < -0.4 is 0 Å². The molecule has 23 heavy (non-hydrogen) atoms. The topological polar surface area (TPSA) is 28.8 Å². The number of fused-ring (bicyclic) bond motifs is 1. The van der Waals surface area contributed by atoms with Gasteiger partial charge in [-0.05, 0) is 35.9 Å². The zero-order valence-corrected chi connectivity index (χ0v) is 12.6. The van der Waals surface area contributed by atoms with Gasteiger partial charge in [0.1, 0.15) is 0 Å². The highest BCUT2D eigenvalue weighted by Gasteiger charge is 2.30. The molecule has 0 unspecified atom stereocenters. The fraction of sp³-hybridized carbons (Fsp3) is 0.118. The Morgan fingerprint density at radius 3 is 2.61 bits per heavy atom. The number of nitrogens with zero attached hydrogens (tertiary/aromatic N) is 1. The van der Waals surface area contributed by atoms with E-state index >= 15 is 0 Å². The van der Waals surface area contributed by atoms with Gasteiger partial charge in [-0.2, -0.15) is 13.2 Å². The first-order valence-corrected chi connectivity index (χ1v) is 7.22. The lowest BCUT2D eigenvalue weighted by molar-refractivity contribution is -0.137. The van der Waals surface area contributed by atoms with Gasteiger partial charge in [0.05, 0.1) is 5.56 Å². The second-order valence-electron chi connectivity index (χ2n) is 5.17. The van der Waals surface area contributed by atoms with Crippen LogP contribution in [0.15, 0.2) is 48.7 Å². The van der Waals surface area contributed by atoms with Gasteiger partial charge in [0.15, 0.2) is 0 Å². The standard InChI is InChI=1S/C17H12ClF3N2/c18-15-5-4-13(17(19,20)21)8-12(15)10-23-7-6-14-11(9-22)2-1-3-16(14)23/h1-9,22H,10H2. The third-order valence-electron chi connectivity index (χ3n) is 3.72. The predicted octanol–water partition coefficient (Wildman–Crippen LogP) is 5.36. The molecule has 0 amide bonds. The molecule has 2 nitrogen and oxygen atoms in total. The first-order valence-electron chi connectivity index (χ1n) is 6.84. The van der Waals surface area contributed by atoms with E-state index in [1.165, 1.54) is 12.3 Å². The molecule has 2 aromatic carbocycles. The van der Waals surface area contributed by atoms with Gasteiger partial charge >= 0.3 is 6.18 Å². The summed E-state index contributed by atoms with van der Waals surface area (Å²) in [4.78, 5) is 0. The van der Waals surface area contributed by atoms with Crippen LogP contribution in [0.5, 0.6) is 0 Å². The molecule has 0 aliphatic rings. The number of aromatic nitrogens is 1. The molecule has 0 atom stereocenters. The molecule has 0 aliphatic carbocycles. The van der Waals surface area contributed by atoms with E-state index in [9.17, 15) is 13.2 Å². The van der Waals surface area contributed by atoms with Gasteiger partial charge < -0.3 is 9.98 Å². The lowest BCUT2D eigenvalue weighted by atomic mass is 10.1. The van der Waals surface area contributed by atoms with Crippen molar-refractivity contribution in [2.24, 2.45) is 0 Å². The number of halogens is 4. The zero-order valence-electron chi connectivity index (χ0n) is 11.9. The third kappa shape index (κ3) is 2.97. The Morgan fingerprint density at radius 1 is 1.13 bits per heavy atom. The smallest absolute Gasteiger partial charge is 0.343 e. The number of nitrogens with one attached hydrogen (secondary N) is 1. The van der Waals surface area contributed by atoms with Crippen LogP contribution in [-0.4, -0.2) is 10.8 Å². The number of rotatable bonds is 3. The van der Waals surface area contributed by atoms with E-state index < -0.39 is 11.7 Å². The minimum absolute atomic E-state index is 0.230. The molecule has 0 fully saturated rings. The summed E-state index contributed by atoms with van der Waals surface area (Å²) in [7, 11) is 0. The summed E-state index contributed by atoms with van der Waals surface area (Å²) in [5.74, 6) is 0. The van der Waals surface area contributed by atoms with E-state index in [0.29, 0.717) is 10.6 Å². The second-order valence-corrected chi connectivity index (χ2v) is 5.58. The van der Waals surface area contributed by atoms with Crippen molar-refractivity contribution in [3.05, 3.63) is 70.4 Å². The highest BCUT2D eigenvalue weighted by atomic mass is 35.5. The summed E-state index contributed by atoms with van der Waals surface area (Å²) < 4.78 is 40.4. The first-order chi connectivity index (χ1) is 10.9. The number of benzene rings is 2. The largest absolute Gasteiger partial charge is 0.416 e. The Labute approximate surface area is 135 Å². The maximum absolute atomic E-state index is 12.9. The molecule has 6 heteroatoms. The Hall–Kier alpha value is -2.27. The molecule has 1 heterocycles. The van der Waals surface area contributed by atoms with E-state index in [1.54, 1.807) is 6.20 Å². The van der Waals surface area contributed by atoms with Gasteiger partial charge in [0, 0.05) is 40.4 Å². The lowest BCUT2D eigenvalue weighted by Crippen LogP contribution is -2.07. The fourth-order valence-electron chi connectivity index (χ4n) is 2.57. The molecule has 0 spiro atoms. The van der Waals surface area contributed by atoms with Crippen LogP contribution in [0.25, 0.3) is 10.9 Å². The molecule has 3 rings (SSSR count). The van der Waals surface area contributed by atoms with Crippen molar-refractivity contribution in [3.8, 4) is 0 Å². The monoisotopic (exact) mass is 336 g/mol. The highest BCUT2D eigenvalue weighted by molar-refractivity contribution is 6.31. The average Bonchev–Trinajstić information content (AvgIpc) is 2.91. The minimum atomic E-state index is -4.40. The predicted molar refractivity (Wildman–Crippen MR) is 85.4 cm³/mol. The molecule has 118 valence electrons. The summed E-state index contributed by atoms with van der Waals surface area (Å²) in [6.45, 7) is 0.230. The van der Waals surface area contributed by atoms with Crippen molar-refractivity contribution in [2.75, 3.05) is 0 Å². The molecule has 1 N–H and O–H groups in total. The normalized spacial score (nSPS) is 11.8. The molecule has 3 aromatic rings. The van der Waals surface area contributed by atoms with Crippen molar-refractivity contribution in [1.82, 2.24) is 4.57 Å². The van der Waals surface area contributed by atoms with E-state index in [0.717, 1.165) is 28.6 Å². The van der Waals surface area contributed by atoms with Crippen LogP contribution in [0.1, 0.15) is 16.7 Å². The maximum atomic E-state index is 12.9. The van der Waals surface area contributed by atoms with Crippen LogP contribution >= 0.6 is 11.6 Å². The Morgan fingerprint density at radius 2 is 1.91 bits per heavy atom. The van der Waals surface area contributed by atoms with Gasteiger partial charge in [0.2, 0.25) is 0 Å². The quantitative estimate of drug-likeness (QED) is 0.624. The second kappa shape index (κ2) is 5.74. The molecular formula is C17H12ClF3N2. The van der Waals surface area contributed by atoms with E-state index in [4.69, 9.17) is 17.0 Å². The van der Waals surface area contributed by atoms with Crippen molar-refractivity contribution < 1.29 is 13.2 Å². The van der Waals surface area contributed by atoms with Gasteiger partial charge in [-0.3, -0.25) is 0 Å². The number of alkyl halides is 3. The molecule has 0 saturated carbocycles. The summed E-state index contributed by atoms with van der Waals surface area (Å²) >= 11 is 6.06. The Kier molecular flexibility index (Phi) is 3.90. The zero-order chi connectivity index (χ0) is 16.6. The van der Waals surface area contributed by atoms with Crippen molar-refractivity contribution in [1.29, 1.82) is 5.41 Å². The summed E-state index contributed by atoms with van der Waals surface area (Å²) in [6, 6.07) is 10.7. The molecular weight excluding hydrogens is 325 g/mol. The Balaban J connectivity index is 2.04. The van der Waals surface area contributed by atoms with Gasteiger partial charge in [-0.1, -0.05) is 23.7 Å². The third-order valence-corrected chi connectivity index (χ3v) is 4.09. The number of hydrogen-bond acceptors (Lipinski definition) is 1. The molecule has 0 radical (unpaired) electrons. The van der Waals surface area contributed by atoms with Crippen LogP contribution in [0.3, 0.4) is 0 Å². The molecule has 0 aliphatic heterocycles. The molecule has 0 bridgehead atoms. The van der Waals surface area contributed by atoms with Crippen molar-refractivity contribution in [2.45, 2.75) is 12.7 Å². The van der Waals surface area contributed by atoms with Crippen LogP contribution in [0.2, 0.25) is 5.02 Å². The Bertz CT molecular complexity index is 881. The lowest BCUT2D eigenvalue weighted by Gasteiger charge is -2.12. The van der Waals surface area contributed by atoms with Gasteiger partial charge in [0.25, 0.3) is 0 Å². The van der Waals surface area contributed by atoms with Crippen molar-refractivity contribution >= 4 is 28.7 Å². The van der Waals surface area contributed by atoms with E-state index in [1.807, 2.05) is 28.8 Å². The highest BCUT2D eigenvalue weighted by Crippen LogP contribution is 2.32. The fourth-order valence-corrected chi connectivity index (χ4v) is 2.74. The van der Waals surface area contributed by atoms with Crippen LogP contribution in [0, 0.1) is 5.41 Å². The maximum Gasteiger partial charge on any atom is 0.416 e. The SMILES string of the molecule is N=Cc1cccc2c1ccn2Cc1cc(C(F)(F)F)ccc1Cl. The average molecular weight is 337 g/mol. The minimum Gasteiger partial charge on any atom is -0.343 e. The van der Waals surface area contributed by atoms with Crippen LogP contribution in [0.4, 0.5) is 13.2 Å². The van der Waals surface area contributed by atoms with E-state index in [-0.39, 0.29) is 6.54 Å². The molecule has 1 aromatic heterocycles. The summed E-state index contributed by atoms with van der Waals surface area (Å²) in [5.41, 5.74) is 1.30. The molecule has 0 saturated heterocycles. The summed E-state index contributed by atoms with van der Waals surface area (Å²) in [6.07, 6.45) is -1.36. The van der Waals surface area contributed by atoms with Gasteiger partial charge in [-0.15, -0.1) is 0 Å². The van der Waals surface area contributed by atoms with Crippen molar-refractivity contribution in [3.63, 3.8) is 0 Å². The summed E-state index contributed by atoms with van der Waals surface area (Å²) in [5, 5.41) is 8.58. The van der Waals surface area contributed by atoms with Gasteiger partial charge in [-0.25, -0.2) is 0 Å². The van der Waals surface area contributed by atoms with Crippen LogP contribution in [-0.2, 0) is 12.7 Å². The number of hydrogen-bond donors (Lipinski definition) is 1.